The number of amides is 1. The van der Waals surface area contributed by atoms with E-state index < -0.39 is 17.7 Å². The van der Waals surface area contributed by atoms with Gasteiger partial charge in [-0.05, 0) is 24.1 Å². The van der Waals surface area contributed by atoms with E-state index in [9.17, 15) is 14.0 Å². The molecule has 0 aliphatic rings. The van der Waals surface area contributed by atoms with E-state index in [-0.39, 0.29) is 18.0 Å². The summed E-state index contributed by atoms with van der Waals surface area (Å²) >= 11 is 0. The highest BCUT2D eigenvalue weighted by atomic mass is 19.1. The van der Waals surface area contributed by atoms with Gasteiger partial charge in [0.05, 0.1) is 17.8 Å². The number of nitrogens with two attached hydrogens (primary N) is 1. The lowest BCUT2D eigenvalue weighted by molar-refractivity contribution is -0.116. The number of carbonyl (C=O) groups is 2. The number of carbonyl (C=O) groups excluding carboxylic acids is 1. The number of nitrogens with zero attached hydrogens (tertiary/aromatic N) is 1. The monoisotopic (exact) mass is 268 g/mol. The average Bonchev–Trinajstić information content (AvgIpc) is 2.26. The normalized spacial score (nSPS) is 10.5. The van der Waals surface area contributed by atoms with Crippen molar-refractivity contribution in [1.82, 2.24) is 0 Å². The van der Waals surface area contributed by atoms with Crippen LogP contribution in [0.2, 0.25) is 0 Å². The van der Waals surface area contributed by atoms with E-state index in [0.717, 1.165) is 12.1 Å². The van der Waals surface area contributed by atoms with Crippen molar-refractivity contribution in [2.24, 2.45) is 11.7 Å². The Bertz CT molecular complexity index is 489. The highest BCUT2D eigenvalue weighted by Crippen LogP contribution is 2.22. The van der Waals surface area contributed by atoms with Gasteiger partial charge in [0.15, 0.2) is 0 Å². The van der Waals surface area contributed by atoms with Gasteiger partial charge in [-0.2, -0.15) is 0 Å². The smallest absolute Gasteiger partial charge is 0.337 e. The summed E-state index contributed by atoms with van der Waals surface area (Å²) in [5, 5.41) is 9.10. The Morgan fingerprint density at radius 2 is 2.05 bits per heavy atom. The highest BCUT2D eigenvalue weighted by Gasteiger charge is 2.19. The number of hydrogen-bond donors (Lipinski definition) is 2. The number of hydrogen-bond acceptors (Lipinski definition) is 3. The summed E-state index contributed by atoms with van der Waals surface area (Å²) in [7, 11) is 0. The number of carboxylic acid groups (broad SMARTS) is 1. The second-order valence-corrected chi connectivity index (χ2v) is 4.71. The van der Waals surface area contributed by atoms with E-state index >= 15 is 0 Å². The first-order chi connectivity index (χ1) is 8.81. The van der Waals surface area contributed by atoms with Gasteiger partial charge in [-0.15, -0.1) is 0 Å². The van der Waals surface area contributed by atoms with Crippen molar-refractivity contribution >= 4 is 17.6 Å². The van der Waals surface area contributed by atoms with Gasteiger partial charge in [0.1, 0.15) is 5.82 Å². The number of carboxylic acids is 1. The van der Waals surface area contributed by atoms with E-state index in [0.29, 0.717) is 12.2 Å². The van der Waals surface area contributed by atoms with Gasteiger partial charge >= 0.3 is 5.97 Å². The Morgan fingerprint density at radius 1 is 1.42 bits per heavy atom. The van der Waals surface area contributed by atoms with Crippen LogP contribution in [0.4, 0.5) is 10.1 Å². The quantitative estimate of drug-likeness (QED) is 0.818. The fourth-order valence-corrected chi connectivity index (χ4v) is 1.83. The third-order valence-corrected chi connectivity index (χ3v) is 2.46. The summed E-state index contributed by atoms with van der Waals surface area (Å²) in [6.45, 7) is 4.20. The molecule has 1 rings (SSSR count). The SMILES string of the molecule is CC(C)CN(CC(N)=O)c1ccc(F)cc1C(=O)O. The molecule has 1 aromatic carbocycles. The van der Waals surface area contributed by atoms with Crippen molar-refractivity contribution in [1.29, 1.82) is 0 Å². The van der Waals surface area contributed by atoms with Crippen molar-refractivity contribution in [3.63, 3.8) is 0 Å². The zero-order valence-electron chi connectivity index (χ0n) is 10.9. The van der Waals surface area contributed by atoms with Gasteiger partial charge in [0.2, 0.25) is 5.91 Å². The van der Waals surface area contributed by atoms with Crippen LogP contribution in [0.25, 0.3) is 0 Å². The molecule has 1 aromatic rings. The summed E-state index contributed by atoms with van der Waals surface area (Å²) in [4.78, 5) is 23.8. The third-order valence-electron chi connectivity index (χ3n) is 2.46. The van der Waals surface area contributed by atoms with E-state index in [1.165, 1.54) is 6.07 Å². The van der Waals surface area contributed by atoms with Gasteiger partial charge in [0, 0.05) is 6.54 Å². The summed E-state index contributed by atoms with van der Waals surface area (Å²) in [5.74, 6) is -2.25. The summed E-state index contributed by atoms with van der Waals surface area (Å²) < 4.78 is 13.1. The molecule has 0 aliphatic heterocycles. The van der Waals surface area contributed by atoms with Crippen molar-refractivity contribution in [3.8, 4) is 0 Å². The standard InChI is InChI=1S/C13H17FN2O3/c1-8(2)6-16(7-12(15)17)11-4-3-9(14)5-10(11)13(18)19/h3-5,8H,6-7H2,1-2H3,(H2,15,17)(H,18,19). The lowest BCUT2D eigenvalue weighted by Crippen LogP contribution is -2.37. The number of benzene rings is 1. The lowest BCUT2D eigenvalue weighted by atomic mass is 10.1. The molecule has 0 spiro atoms. The third kappa shape index (κ3) is 4.24. The second-order valence-electron chi connectivity index (χ2n) is 4.71. The Kier molecular flexibility index (Phi) is 4.86. The van der Waals surface area contributed by atoms with Crippen LogP contribution in [0.3, 0.4) is 0 Å². The molecular weight excluding hydrogens is 251 g/mol. The van der Waals surface area contributed by atoms with Crippen LogP contribution in [0.1, 0.15) is 24.2 Å². The molecule has 0 fully saturated rings. The molecule has 104 valence electrons. The first kappa shape index (κ1) is 14.9. The van der Waals surface area contributed by atoms with E-state index in [4.69, 9.17) is 10.8 Å². The van der Waals surface area contributed by atoms with Gasteiger partial charge in [-0.1, -0.05) is 13.8 Å². The van der Waals surface area contributed by atoms with Crippen molar-refractivity contribution in [2.75, 3.05) is 18.0 Å². The van der Waals surface area contributed by atoms with Gasteiger partial charge in [0.25, 0.3) is 0 Å². The fourth-order valence-electron chi connectivity index (χ4n) is 1.83. The number of anilines is 1. The van der Waals surface area contributed by atoms with Crippen molar-refractivity contribution in [2.45, 2.75) is 13.8 Å². The molecule has 0 bridgehead atoms. The number of halogens is 1. The average molecular weight is 268 g/mol. The zero-order chi connectivity index (χ0) is 14.6. The Morgan fingerprint density at radius 3 is 2.53 bits per heavy atom. The molecule has 0 aromatic heterocycles. The van der Waals surface area contributed by atoms with Crippen LogP contribution in [-0.2, 0) is 4.79 Å². The first-order valence-electron chi connectivity index (χ1n) is 5.87. The molecule has 0 radical (unpaired) electrons. The van der Waals surface area contributed by atoms with Crippen molar-refractivity contribution in [3.05, 3.63) is 29.6 Å². The minimum atomic E-state index is -1.24. The number of rotatable bonds is 6. The van der Waals surface area contributed by atoms with Crippen LogP contribution in [0.15, 0.2) is 18.2 Å². The van der Waals surface area contributed by atoms with Crippen LogP contribution in [0.5, 0.6) is 0 Å². The zero-order valence-corrected chi connectivity index (χ0v) is 10.9. The molecule has 1 amide bonds. The van der Waals surface area contributed by atoms with Crippen LogP contribution in [-0.4, -0.2) is 30.1 Å². The van der Waals surface area contributed by atoms with Gasteiger partial charge < -0.3 is 15.7 Å². The second kappa shape index (κ2) is 6.17. The van der Waals surface area contributed by atoms with E-state index in [1.54, 1.807) is 4.90 Å². The Labute approximate surface area is 110 Å². The highest BCUT2D eigenvalue weighted by molar-refractivity contribution is 5.95. The number of primary amides is 1. The van der Waals surface area contributed by atoms with Crippen LogP contribution >= 0.6 is 0 Å². The fraction of sp³-hybridized carbons (Fsp3) is 0.385. The predicted octanol–water partition coefficient (Wildman–Crippen LogP) is 1.47. The summed E-state index contributed by atoms with van der Waals surface area (Å²) in [6.07, 6.45) is 0. The predicted molar refractivity (Wildman–Crippen MR) is 69.6 cm³/mol. The summed E-state index contributed by atoms with van der Waals surface area (Å²) in [5.41, 5.74) is 5.27. The molecule has 6 heteroatoms. The molecule has 0 saturated carbocycles. The van der Waals surface area contributed by atoms with Crippen molar-refractivity contribution < 1.29 is 19.1 Å². The molecule has 3 N–H and O–H groups in total. The minimum Gasteiger partial charge on any atom is -0.478 e. The minimum absolute atomic E-state index is 0.107. The lowest BCUT2D eigenvalue weighted by Gasteiger charge is -2.26. The summed E-state index contributed by atoms with van der Waals surface area (Å²) in [6, 6.07) is 3.45. The largest absolute Gasteiger partial charge is 0.478 e. The van der Waals surface area contributed by atoms with Crippen LogP contribution < -0.4 is 10.6 Å². The number of aromatic carboxylic acids is 1. The Balaban J connectivity index is 3.20. The molecule has 0 atom stereocenters. The van der Waals surface area contributed by atoms with Gasteiger partial charge in [-0.3, -0.25) is 4.79 Å². The maximum atomic E-state index is 13.1. The van der Waals surface area contributed by atoms with Crippen LogP contribution in [0, 0.1) is 11.7 Å². The molecule has 5 nitrogen and oxygen atoms in total. The Hall–Kier alpha value is -2.11. The molecule has 19 heavy (non-hydrogen) atoms. The maximum Gasteiger partial charge on any atom is 0.337 e. The molecule has 0 aliphatic carbocycles. The van der Waals surface area contributed by atoms with Gasteiger partial charge in [-0.25, -0.2) is 9.18 Å². The van der Waals surface area contributed by atoms with E-state index in [1.807, 2.05) is 13.8 Å². The molecular formula is C13H17FN2O3. The molecule has 0 unspecified atom stereocenters. The maximum absolute atomic E-state index is 13.1. The molecule has 0 heterocycles. The first-order valence-corrected chi connectivity index (χ1v) is 5.87. The topological polar surface area (TPSA) is 83.6 Å². The molecule has 0 saturated heterocycles. The van der Waals surface area contributed by atoms with E-state index in [2.05, 4.69) is 0 Å².